The lowest BCUT2D eigenvalue weighted by Crippen LogP contribution is -2.38. The van der Waals surface area contributed by atoms with E-state index in [1.165, 1.54) is 17.7 Å². The summed E-state index contributed by atoms with van der Waals surface area (Å²) in [4.78, 5) is 5.28. The number of nitrogens with zero attached hydrogens (tertiary/aromatic N) is 1. The summed E-state index contributed by atoms with van der Waals surface area (Å²) < 4.78 is 0. The van der Waals surface area contributed by atoms with E-state index >= 15 is 0 Å². The molecule has 0 aliphatic heterocycles. The van der Waals surface area contributed by atoms with E-state index in [4.69, 9.17) is 5.73 Å². The van der Waals surface area contributed by atoms with E-state index in [-0.39, 0.29) is 12.0 Å². The molecular weight excluding hydrogens is 196 g/mol. The van der Waals surface area contributed by atoms with Gasteiger partial charge in [0.05, 0.1) is 12.1 Å². The van der Waals surface area contributed by atoms with Crippen molar-refractivity contribution < 1.29 is 5.11 Å². The van der Waals surface area contributed by atoms with Crippen LogP contribution < -0.4 is 5.73 Å². The Labute approximate surface area is 88.0 Å². The second-order valence-corrected chi connectivity index (χ2v) is 5.11. The highest BCUT2D eigenvalue weighted by Gasteiger charge is 2.43. The van der Waals surface area contributed by atoms with Gasteiger partial charge < -0.3 is 10.8 Å². The Morgan fingerprint density at radius 1 is 1.64 bits per heavy atom. The Hall–Kier alpha value is -0.450. The summed E-state index contributed by atoms with van der Waals surface area (Å²) in [5.74, 6) is 0.625. The van der Waals surface area contributed by atoms with Gasteiger partial charge in [-0.25, -0.2) is 0 Å². The number of aromatic nitrogens is 1. The third-order valence-electron chi connectivity index (χ3n) is 3.17. The minimum Gasteiger partial charge on any atom is -0.396 e. The van der Waals surface area contributed by atoms with Crippen LogP contribution in [-0.2, 0) is 6.42 Å². The Morgan fingerprint density at radius 2 is 2.43 bits per heavy atom. The molecule has 1 heterocycles. The number of hydrogen-bond donors (Lipinski definition) is 2. The maximum absolute atomic E-state index is 9.49. The highest BCUT2D eigenvalue weighted by molar-refractivity contribution is 7.09. The molecular formula is C10H16N2OS. The first-order chi connectivity index (χ1) is 6.80. The molecule has 3 nitrogen and oxygen atoms in total. The predicted octanol–water partition coefficient (Wildman–Crippen LogP) is 1.03. The molecule has 3 N–H and O–H groups in total. The van der Waals surface area contributed by atoms with Crippen molar-refractivity contribution in [2.75, 3.05) is 13.2 Å². The zero-order chi connectivity index (χ0) is 10.0. The average Bonchev–Trinajstić information content (AvgIpc) is 2.95. The number of hydrogen-bond acceptors (Lipinski definition) is 4. The van der Waals surface area contributed by atoms with Crippen LogP contribution in [0, 0.1) is 11.3 Å². The van der Waals surface area contributed by atoms with Crippen molar-refractivity contribution in [2.45, 2.75) is 19.3 Å². The molecule has 0 saturated heterocycles. The molecule has 1 unspecified atom stereocenters. The van der Waals surface area contributed by atoms with Gasteiger partial charge in [0.1, 0.15) is 0 Å². The summed E-state index contributed by atoms with van der Waals surface area (Å²) in [6.45, 7) is 0.776. The van der Waals surface area contributed by atoms with Gasteiger partial charge in [0, 0.05) is 23.0 Å². The Bertz CT molecular complexity index is 278. The molecule has 1 aliphatic carbocycles. The molecule has 4 heteroatoms. The van der Waals surface area contributed by atoms with Gasteiger partial charge in [0.2, 0.25) is 0 Å². The van der Waals surface area contributed by atoms with Crippen LogP contribution in [0.2, 0.25) is 0 Å². The van der Waals surface area contributed by atoms with Crippen molar-refractivity contribution in [3.63, 3.8) is 0 Å². The van der Waals surface area contributed by atoms with E-state index in [1.54, 1.807) is 11.3 Å². The lowest BCUT2D eigenvalue weighted by Gasteiger charge is -2.29. The maximum Gasteiger partial charge on any atom is 0.0794 e. The smallest absolute Gasteiger partial charge is 0.0794 e. The fourth-order valence-electron chi connectivity index (χ4n) is 2.00. The van der Waals surface area contributed by atoms with Crippen LogP contribution in [0.15, 0.2) is 11.7 Å². The van der Waals surface area contributed by atoms with Crippen molar-refractivity contribution in [1.82, 2.24) is 4.98 Å². The average molecular weight is 212 g/mol. The predicted molar refractivity (Wildman–Crippen MR) is 57.1 cm³/mol. The van der Waals surface area contributed by atoms with E-state index in [0.29, 0.717) is 12.5 Å². The second-order valence-electron chi connectivity index (χ2n) is 4.14. The molecule has 78 valence electrons. The van der Waals surface area contributed by atoms with Crippen LogP contribution in [0.5, 0.6) is 0 Å². The Morgan fingerprint density at radius 3 is 2.86 bits per heavy atom. The third-order valence-corrected chi connectivity index (χ3v) is 3.95. The van der Waals surface area contributed by atoms with Crippen LogP contribution in [0.4, 0.5) is 0 Å². The number of thiazole rings is 1. The fourth-order valence-corrected chi connectivity index (χ4v) is 2.75. The number of nitrogens with two attached hydrogens (primary N) is 1. The number of rotatable bonds is 5. The number of aliphatic hydroxyl groups is 1. The summed E-state index contributed by atoms with van der Waals surface area (Å²) in [6.07, 6.45) is 5.20. The first-order valence-electron chi connectivity index (χ1n) is 4.99. The minimum atomic E-state index is -0.0769. The minimum absolute atomic E-state index is 0.0769. The molecule has 1 aromatic rings. The SMILES string of the molecule is NCC(CO)(Cc1cncs1)C1CC1. The molecule has 0 spiro atoms. The van der Waals surface area contributed by atoms with Crippen LogP contribution in [0.25, 0.3) is 0 Å². The Kier molecular flexibility index (Phi) is 2.85. The van der Waals surface area contributed by atoms with Gasteiger partial charge in [-0.3, -0.25) is 4.98 Å². The molecule has 0 amide bonds. The van der Waals surface area contributed by atoms with E-state index in [1.807, 2.05) is 11.7 Å². The van der Waals surface area contributed by atoms with E-state index in [0.717, 1.165) is 6.42 Å². The third kappa shape index (κ3) is 1.82. The van der Waals surface area contributed by atoms with Gasteiger partial charge >= 0.3 is 0 Å². The van der Waals surface area contributed by atoms with Crippen molar-refractivity contribution in [1.29, 1.82) is 0 Å². The number of aliphatic hydroxyl groups excluding tert-OH is 1. The first kappa shape index (κ1) is 10.1. The highest BCUT2D eigenvalue weighted by Crippen LogP contribution is 2.47. The molecule has 1 saturated carbocycles. The van der Waals surface area contributed by atoms with E-state index < -0.39 is 0 Å². The van der Waals surface area contributed by atoms with E-state index in [2.05, 4.69) is 4.98 Å². The summed E-state index contributed by atoms with van der Waals surface area (Å²) in [6, 6.07) is 0. The lowest BCUT2D eigenvalue weighted by molar-refractivity contribution is 0.110. The van der Waals surface area contributed by atoms with Gasteiger partial charge in [0.25, 0.3) is 0 Å². The lowest BCUT2D eigenvalue weighted by atomic mass is 9.80. The molecule has 0 bridgehead atoms. The fraction of sp³-hybridized carbons (Fsp3) is 0.700. The van der Waals surface area contributed by atoms with Crippen LogP contribution in [0.1, 0.15) is 17.7 Å². The molecule has 1 aromatic heterocycles. The normalized spacial score (nSPS) is 20.7. The van der Waals surface area contributed by atoms with Crippen molar-refractivity contribution in [3.05, 3.63) is 16.6 Å². The van der Waals surface area contributed by atoms with Gasteiger partial charge in [-0.05, 0) is 25.2 Å². The quantitative estimate of drug-likeness (QED) is 0.766. The molecule has 1 fully saturated rings. The van der Waals surface area contributed by atoms with Gasteiger partial charge in [-0.15, -0.1) is 11.3 Å². The summed E-state index contributed by atoms with van der Waals surface area (Å²) in [5, 5.41) is 9.49. The molecule has 0 aromatic carbocycles. The van der Waals surface area contributed by atoms with Crippen molar-refractivity contribution in [2.24, 2.45) is 17.1 Å². The first-order valence-corrected chi connectivity index (χ1v) is 5.87. The zero-order valence-electron chi connectivity index (χ0n) is 8.15. The maximum atomic E-state index is 9.49. The summed E-state index contributed by atoms with van der Waals surface area (Å²) >= 11 is 1.65. The van der Waals surface area contributed by atoms with Crippen molar-refractivity contribution >= 4 is 11.3 Å². The van der Waals surface area contributed by atoms with Gasteiger partial charge in [0.15, 0.2) is 0 Å². The molecule has 14 heavy (non-hydrogen) atoms. The molecule has 2 rings (SSSR count). The largest absolute Gasteiger partial charge is 0.396 e. The highest BCUT2D eigenvalue weighted by atomic mass is 32.1. The van der Waals surface area contributed by atoms with Gasteiger partial charge in [-0.2, -0.15) is 0 Å². The topological polar surface area (TPSA) is 59.1 Å². The molecule has 0 radical (unpaired) electrons. The zero-order valence-corrected chi connectivity index (χ0v) is 8.96. The summed E-state index contributed by atoms with van der Waals surface area (Å²) in [7, 11) is 0. The monoisotopic (exact) mass is 212 g/mol. The molecule has 1 aliphatic rings. The van der Waals surface area contributed by atoms with Crippen LogP contribution in [0.3, 0.4) is 0 Å². The Balaban J connectivity index is 2.10. The second kappa shape index (κ2) is 3.96. The summed E-state index contributed by atoms with van der Waals surface area (Å²) in [5.41, 5.74) is 7.56. The van der Waals surface area contributed by atoms with Crippen LogP contribution in [-0.4, -0.2) is 23.2 Å². The van der Waals surface area contributed by atoms with Gasteiger partial charge in [-0.1, -0.05) is 0 Å². The molecule has 1 atom stereocenters. The van der Waals surface area contributed by atoms with Crippen LogP contribution >= 0.6 is 11.3 Å². The van der Waals surface area contributed by atoms with E-state index in [9.17, 15) is 5.11 Å². The van der Waals surface area contributed by atoms with Crippen molar-refractivity contribution in [3.8, 4) is 0 Å². The standard InChI is InChI=1S/C10H16N2OS/c11-5-10(6-13,8-1-2-8)3-9-4-12-7-14-9/h4,7-8,13H,1-3,5-6,11H2.